The first-order valence-corrected chi connectivity index (χ1v) is 7.98. The summed E-state index contributed by atoms with van der Waals surface area (Å²) in [5.41, 5.74) is 1.03. The molecule has 0 saturated heterocycles. The molecule has 0 fully saturated rings. The molecule has 0 aliphatic rings. The third kappa shape index (κ3) is 3.56. The highest BCUT2D eigenvalue weighted by molar-refractivity contribution is 7.97. The topological polar surface area (TPSA) is 43.6 Å². The zero-order chi connectivity index (χ0) is 13.7. The Bertz CT molecular complexity index is 509. The Morgan fingerprint density at radius 3 is 2.68 bits per heavy atom. The van der Waals surface area contributed by atoms with Crippen molar-refractivity contribution in [2.24, 2.45) is 5.92 Å². The van der Waals surface area contributed by atoms with Crippen LogP contribution in [0.5, 0.6) is 0 Å². The van der Waals surface area contributed by atoms with Crippen LogP contribution in [0.25, 0.3) is 5.69 Å². The van der Waals surface area contributed by atoms with Gasteiger partial charge in [-0.25, -0.2) is 9.67 Å². The van der Waals surface area contributed by atoms with Crippen LogP contribution in [0.1, 0.15) is 31.9 Å². The van der Waals surface area contributed by atoms with Gasteiger partial charge >= 0.3 is 0 Å². The van der Waals surface area contributed by atoms with Crippen molar-refractivity contribution >= 4 is 11.8 Å². The molecule has 19 heavy (non-hydrogen) atoms. The summed E-state index contributed by atoms with van der Waals surface area (Å²) in [7, 11) is 0. The van der Waals surface area contributed by atoms with E-state index in [1.165, 1.54) is 0 Å². The van der Waals surface area contributed by atoms with Gasteiger partial charge < -0.3 is 0 Å². The van der Waals surface area contributed by atoms with Crippen molar-refractivity contribution in [2.45, 2.75) is 32.4 Å². The van der Waals surface area contributed by atoms with Crippen LogP contribution in [0, 0.1) is 5.92 Å². The van der Waals surface area contributed by atoms with Gasteiger partial charge in [-0.1, -0.05) is 20.3 Å². The molecule has 0 aliphatic carbocycles. The van der Waals surface area contributed by atoms with Crippen molar-refractivity contribution in [3.63, 3.8) is 0 Å². The van der Waals surface area contributed by atoms with Gasteiger partial charge in [-0.15, -0.1) is 0 Å². The molecule has 2 aromatic heterocycles. The molecule has 0 unspecified atom stereocenters. The van der Waals surface area contributed by atoms with E-state index in [0.29, 0.717) is 5.92 Å². The van der Waals surface area contributed by atoms with Crippen LogP contribution < -0.4 is 0 Å². The van der Waals surface area contributed by atoms with Gasteiger partial charge in [0.25, 0.3) is 0 Å². The third-order valence-electron chi connectivity index (χ3n) is 3.13. The molecule has 0 spiro atoms. The number of pyridine rings is 1. The predicted octanol–water partition coefficient (Wildman–Crippen LogP) is 3.11. The minimum absolute atomic E-state index is 0.621. The van der Waals surface area contributed by atoms with Crippen molar-refractivity contribution in [2.75, 3.05) is 6.26 Å². The molecule has 0 N–H and O–H groups in total. The van der Waals surface area contributed by atoms with Crippen LogP contribution >= 0.6 is 11.8 Å². The Hall–Kier alpha value is -1.36. The van der Waals surface area contributed by atoms with E-state index in [-0.39, 0.29) is 0 Å². The van der Waals surface area contributed by atoms with Gasteiger partial charge in [-0.2, -0.15) is 16.9 Å². The first kappa shape index (κ1) is 14.1. The zero-order valence-corrected chi connectivity index (χ0v) is 12.5. The van der Waals surface area contributed by atoms with Crippen LogP contribution in [-0.4, -0.2) is 26.0 Å². The minimum atomic E-state index is 0.621. The van der Waals surface area contributed by atoms with Crippen molar-refractivity contribution in [1.82, 2.24) is 19.7 Å². The Morgan fingerprint density at radius 2 is 2.05 bits per heavy atom. The van der Waals surface area contributed by atoms with Gasteiger partial charge in [0, 0.05) is 18.8 Å². The van der Waals surface area contributed by atoms with Crippen molar-refractivity contribution in [3.8, 4) is 5.69 Å². The molecule has 5 heteroatoms. The molecule has 0 aliphatic heterocycles. The normalized spacial score (nSPS) is 12.6. The lowest BCUT2D eigenvalue weighted by Crippen LogP contribution is -2.03. The van der Waals surface area contributed by atoms with Crippen molar-refractivity contribution in [1.29, 1.82) is 0 Å². The van der Waals surface area contributed by atoms with E-state index >= 15 is 0 Å². The van der Waals surface area contributed by atoms with Crippen LogP contribution in [0.2, 0.25) is 0 Å². The van der Waals surface area contributed by atoms with Crippen molar-refractivity contribution < 1.29 is 0 Å². The lowest BCUT2D eigenvalue weighted by atomic mass is 10.1. The van der Waals surface area contributed by atoms with Crippen LogP contribution in [0.3, 0.4) is 0 Å². The quantitative estimate of drug-likeness (QED) is 0.813. The summed E-state index contributed by atoms with van der Waals surface area (Å²) in [6.45, 7) is 4.44. The standard InChI is InChI=1S/C14H20N4S/c1-4-11(2)9-13-16-14(10-19-3)18(17-13)12-5-7-15-8-6-12/h5-8,11H,4,9-10H2,1-3H3/t11-/m1/s1. The maximum absolute atomic E-state index is 4.67. The number of rotatable bonds is 6. The van der Waals surface area contributed by atoms with Gasteiger partial charge in [-0.3, -0.25) is 4.98 Å². The molecule has 2 rings (SSSR count). The molecule has 2 heterocycles. The fourth-order valence-corrected chi connectivity index (χ4v) is 2.29. The second kappa shape index (κ2) is 6.70. The van der Waals surface area contributed by atoms with Gasteiger partial charge in [0.15, 0.2) is 5.82 Å². The lowest BCUT2D eigenvalue weighted by molar-refractivity contribution is 0.542. The highest BCUT2D eigenvalue weighted by Crippen LogP contribution is 2.15. The highest BCUT2D eigenvalue weighted by atomic mass is 32.2. The fourth-order valence-electron chi connectivity index (χ4n) is 1.85. The van der Waals surface area contributed by atoms with E-state index in [1.54, 1.807) is 24.2 Å². The predicted molar refractivity (Wildman–Crippen MR) is 79.5 cm³/mol. The molecule has 0 radical (unpaired) electrons. The Labute approximate surface area is 118 Å². The number of thioether (sulfide) groups is 1. The number of aromatic nitrogens is 4. The summed E-state index contributed by atoms with van der Waals surface area (Å²) >= 11 is 1.76. The van der Waals surface area contributed by atoms with E-state index in [0.717, 1.165) is 35.9 Å². The molecule has 4 nitrogen and oxygen atoms in total. The molecule has 0 bridgehead atoms. The Morgan fingerprint density at radius 1 is 1.32 bits per heavy atom. The molecular weight excluding hydrogens is 256 g/mol. The first-order valence-electron chi connectivity index (χ1n) is 6.58. The number of hydrogen-bond donors (Lipinski definition) is 0. The number of hydrogen-bond acceptors (Lipinski definition) is 4. The van der Waals surface area contributed by atoms with E-state index in [4.69, 9.17) is 0 Å². The van der Waals surface area contributed by atoms with Gasteiger partial charge in [0.05, 0.1) is 11.4 Å². The molecule has 1 atom stereocenters. The SMILES string of the molecule is CC[C@@H](C)Cc1nc(CSC)n(-c2ccncc2)n1. The monoisotopic (exact) mass is 276 g/mol. The largest absolute Gasteiger partial charge is 0.265 e. The average molecular weight is 276 g/mol. The van der Waals surface area contributed by atoms with E-state index in [2.05, 4.69) is 35.2 Å². The van der Waals surface area contributed by atoms with Crippen LogP contribution in [0.15, 0.2) is 24.5 Å². The van der Waals surface area contributed by atoms with Gasteiger partial charge in [0.1, 0.15) is 5.82 Å². The summed E-state index contributed by atoms with van der Waals surface area (Å²) < 4.78 is 1.94. The van der Waals surface area contributed by atoms with Crippen molar-refractivity contribution in [3.05, 3.63) is 36.2 Å². The molecule has 0 saturated carbocycles. The van der Waals surface area contributed by atoms with Crippen LogP contribution in [-0.2, 0) is 12.2 Å². The molecule has 0 aromatic carbocycles. The smallest absolute Gasteiger partial charge is 0.151 e. The minimum Gasteiger partial charge on any atom is -0.265 e. The average Bonchev–Trinajstić information content (AvgIpc) is 2.83. The zero-order valence-electron chi connectivity index (χ0n) is 11.7. The summed E-state index contributed by atoms with van der Waals surface area (Å²) in [4.78, 5) is 8.72. The maximum atomic E-state index is 4.67. The lowest BCUT2D eigenvalue weighted by Gasteiger charge is -2.04. The fraction of sp³-hybridized carbons (Fsp3) is 0.500. The second-order valence-corrected chi connectivity index (χ2v) is 5.58. The second-order valence-electron chi connectivity index (χ2n) is 4.71. The first-order chi connectivity index (χ1) is 9.24. The molecule has 2 aromatic rings. The molecule has 0 amide bonds. The van der Waals surface area contributed by atoms with E-state index in [9.17, 15) is 0 Å². The summed E-state index contributed by atoms with van der Waals surface area (Å²) in [6, 6.07) is 3.93. The summed E-state index contributed by atoms with van der Waals surface area (Å²) in [6.07, 6.45) is 7.75. The summed E-state index contributed by atoms with van der Waals surface area (Å²) in [5.74, 6) is 3.44. The van der Waals surface area contributed by atoms with E-state index < -0.39 is 0 Å². The Kier molecular flexibility index (Phi) is 4.96. The third-order valence-corrected chi connectivity index (χ3v) is 3.67. The van der Waals surface area contributed by atoms with Gasteiger partial charge in [-0.05, 0) is 24.3 Å². The number of nitrogens with zero attached hydrogens (tertiary/aromatic N) is 4. The molecular formula is C14H20N4S. The summed E-state index contributed by atoms with van der Waals surface area (Å²) in [5, 5.41) is 4.65. The van der Waals surface area contributed by atoms with Gasteiger partial charge in [0.2, 0.25) is 0 Å². The highest BCUT2D eigenvalue weighted by Gasteiger charge is 2.12. The Balaban J connectivity index is 2.30. The van der Waals surface area contributed by atoms with Crippen LogP contribution in [0.4, 0.5) is 0 Å². The molecule has 102 valence electrons. The van der Waals surface area contributed by atoms with E-state index in [1.807, 2.05) is 16.8 Å². The maximum Gasteiger partial charge on any atom is 0.151 e.